The zero-order valence-electron chi connectivity index (χ0n) is 9.57. The molecule has 0 spiro atoms. The second kappa shape index (κ2) is 5.51. The van der Waals surface area contributed by atoms with Gasteiger partial charge in [0.25, 0.3) is 0 Å². The maximum absolute atomic E-state index is 4.29. The van der Waals surface area contributed by atoms with Gasteiger partial charge < -0.3 is 5.32 Å². The van der Waals surface area contributed by atoms with E-state index in [1.165, 1.54) is 10.5 Å². The van der Waals surface area contributed by atoms with Gasteiger partial charge in [0, 0.05) is 11.9 Å². The summed E-state index contributed by atoms with van der Waals surface area (Å²) < 4.78 is 0.899. The molecule has 1 aromatic heterocycles. The molecule has 3 nitrogen and oxygen atoms in total. The van der Waals surface area contributed by atoms with E-state index < -0.39 is 0 Å². The van der Waals surface area contributed by atoms with Crippen molar-refractivity contribution >= 4 is 33.5 Å². The predicted octanol–water partition coefficient (Wildman–Crippen LogP) is 3.74. The highest BCUT2D eigenvalue weighted by atomic mass is 79.9. The summed E-state index contributed by atoms with van der Waals surface area (Å²) in [5, 5.41) is 3.94. The van der Waals surface area contributed by atoms with Gasteiger partial charge in [-0.2, -0.15) is 0 Å². The van der Waals surface area contributed by atoms with Crippen LogP contribution in [-0.4, -0.2) is 17.0 Å². The number of hydrogen-bond acceptors (Lipinski definition) is 4. The lowest BCUT2D eigenvalue weighted by Crippen LogP contribution is -1.96. The highest BCUT2D eigenvalue weighted by Crippen LogP contribution is 2.35. The van der Waals surface area contributed by atoms with Gasteiger partial charge in [-0.15, -0.1) is 0 Å². The van der Waals surface area contributed by atoms with E-state index >= 15 is 0 Å². The van der Waals surface area contributed by atoms with E-state index in [4.69, 9.17) is 0 Å². The van der Waals surface area contributed by atoms with Crippen molar-refractivity contribution in [2.75, 3.05) is 12.4 Å². The van der Waals surface area contributed by atoms with Crippen molar-refractivity contribution in [1.82, 2.24) is 9.97 Å². The molecule has 0 aliphatic heterocycles. The second-order valence-electron chi connectivity index (χ2n) is 3.46. The van der Waals surface area contributed by atoms with E-state index in [0.29, 0.717) is 0 Å². The molecule has 17 heavy (non-hydrogen) atoms. The summed E-state index contributed by atoms with van der Waals surface area (Å²) in [6, 6.07) is 8.25. The average Bonchev–Trinajstić information content (AvgIpc) is 2.34. The van der Waals surface area contributed by atoms with Gasteiger partial charge in [0.2, 0.25) is 0 Å². The van der Waals surface area contributed by atoms with Gasteiger partial charge >= 0.3 is 0 Å². The maximum Gasteiger partial charge on any atom is 0.144 e. The lowest BCUT2D eigenvalue weighted by Gasteiger charge is -2.08. The lowest BCUT2D eigenvalue weighted by atomic mass is 10.2. The minimum Gasteiger partial charge on any atom is -0.372 e. The molecule has 2 aromatic rings. The topological polar surface area (TPSA) is 37.8 Å². The van der Waals surface area contributed by atoms with Crippen LogP contribution in [0.1, 0.15) is 5.56 Å². The molecule has 1 aromatic carbocycles. The molecule has 0 saturated carbocycles. The van der Waals surface area contributed by atoms with Crippen LogP contribution in [0.25, 0.3) is 0 Å². The number of nitrogens with zero attached hydrogens (tertiary/aromatic N) is 2. The molecule has 0 fully saturated rings. The Morgan fingerprint density at radius 2 is 2.00 bits per heavy atom. The second-order valence-corrected chi connectivity index (χ2v) is 5.28. The van der Waals surface area contributed by atoms with Crippen LogP contribution in [0.4, 0.5) is 5.82 Å². The van der Waals surface area contributed by atoms with Crippen LogP contribution in [0.2, 0.25) is 0 Å². The number of hydrogen-bond donors (Lipinski definition) is 1. The zero-order valence-corrected chi connectivity index (χ0v) is 12.0. The highest BCUT2D eigenvalue weighted by molar-refractivity contribution is 9.10. The molecule has 5 heteroatoms. The third kappa shape index (κ3) is 2.79. The number of rotatable bonds is 3. The van der Waals surface area contributed by atoms with E-state index in [0.717, 1.165) is 15.3 Å². The van der Waals surface area contributed by atoms with Crippen LogP contribution >= 0.6 is 27.7 Å². The fourth-order valence-electron chi connectivity index (χ4n) is 1.37. The summed E-state index contributed by atoms with van der Waals surface area (Å²) in [4.78, 5) is 9.63. The van der Waals surface area contributed by atoms with Crippen molar-refractivity contribution in [3.05, 3.63) is 40.6 Å². The fraction of sp³-hybridized carbons (Fsp3) is 0.167. The van der Waals surface area contributed by atoms with Gasteiger partial charge in [0.15, 0.2) is 0 Å². The van der Waals surface area contributed by atoms with E-state index in [1.807, 2.05) is 19.2 Å². The Morgan fingerprint density at radius 3 is 2.71 bits per heavy atom. The van der Waals surface area contributed by atoms with Crippen LogP contribution in [0.3, 0.4) is 0 Å². The maximum atomic E-state index is 4.29. The molecule has 0 unspecified atom stereocenters. The Hall–Kier alpha value is -1.07. The first-order chi connectivity index (χ1) is 8.22. The minimum atomic E-state index is 0.802. The van der Waals surface area contributed by atoms with E-state index in [2.05, 4.69) is 50.3 Å². The standard InChI is InChI=1S/C12H12BrN3S/c1-8-5-3-4-6-9(8)17-12-10(13)11(14-2)15-7-16-12/h3-7H,1-2H3,(H,14,15,16). The first-order valence-electron chi connectivity index (χ1n) is 5.14. The Morgan fingerprint density at radius 1 is 1.24 bits per heavy atom. The molecule has 0 aliphatic carbocycles. The van der Waals surface area contributed by atoms with Crippen molar-refractivity contribution in [3.8, 4) is 0 Å². The summed E-state index contributed by atoms with van der Waals surface area (Å²) >= 11 is 5.15. The molecular formula is C12H12BrN3S. The van der Waals surface area contributed by atoms with Crippen molar-refractivity contribution in [2.45, 2.75) is 16.8 Å². The first-order valence-corrected chi connectivity index (χ1v) is 6.75. The first kappa shape index (κ1) is 12.4. The molecule has 0 atom stereocenters. The van der Waals surface area contributed by atoms with Gasteiger partial charge in [-0.3, -0.25) is 0 Å². The average molecular weight is 310 g/mol. The SMILES string of the molecule is CNc1ncnc(Sc2ccccc2C)c1Br. The lowest BCUT2D eigenvalue weighted by molar-refractivity contribution is 1.02. The van der Waals surface area contributed by atoms with Crippen LogP contribution in [0.15, 0.2) is 45.0 Å². The van der Waals surface area contributed by atoms with Crippen LogP contribution in [-0.2, 0) is 0 Å². The van der Waals surface area contributed by atoms with Crippen LogP contribution < -0.4 is 5.32 Å². The number of aromatic nitrogens is 2. The van der Waals surface area contributed by atoms with E-state index in [-0.39, 0.29) is 0 Å². The molecule has 0 bridgehead atoms. The monoisotopic (exact) mass is 309 g/mol. The molecule has 0 saturated heterocycles. The minimum absolute atomic E-state index is 0.802. The molecule has 0 radical (unpaired) electrons. The molecule has 88 valence electrons. The molecular weight excluding hydrogens is 298 g/mol. The van der Waals surface area contributed by atoms with E-state index in [1.54, 1.807) is 18.1 Å². The Kier molecular flexibility index (Phi) is 4.02. The van der Waals surface area contributed by atoms with Crippen LogP contribution in [0, 0.1) is 6.92 Å². The largest absolute Gasteiger partial charge is 0.372 e. The van der Waals surface area contributed by atoms with Gasteiger partial charge in [-0.25, -0.2) is 9.97 Å². The third-order valence-corrected chi connectivity index (χ3v) is 4.49. The van der Waals surface area contributed by atoms with Gasteiger partial charge in [0.1, 0.15) is 17.2 Å². The van der Waals surface area contributed by atoms with Gasteiger partial charge in [-0.1, -0.05) is 30.0 Å². The normalized spacial score (nSPS) is 10.3. The quantitative estimate of drug-likeness (QED) is 0.877. The van der Waals surface area contributed by atoms with Gasteiger partial charge in [-0.05, 0) is 34.5 Å². The Bertz CT molecular complexity index is 531. The molecule has 1 N–H and O–H groups in total. The van der Waals surface area contributed by atoms with Crippen LogP contribution in [0.5, 0.6) is 0 Å². The fourth-order valence-corrected chi connectivity index (χ4v) is 2.89. The molecule has 1 heterocycles. The van der Waals surface area contributed by atoms with E-state index in [9.17, 15) is 0 Å². The molecule has 0 amide bonds. The Labute approximate surface area is 113 Å². The highest BCUT2D eigenvalue weighted by Gasteiger charge is 2.09. The Balaban J connectivity index is 2.34. The molecule has 0 aliphatic rings. The van der Waals surface area contributed by atoms with Crippen molar-refractivity contribution in [1.29, 1.82) is 0 Å². The predicted molar refractivity (Wildman–Crippen MR) is 74.6 cm³/mol. The smallest absolute Gasteiger partial charge is 0.144 e. The number of nitrogens with one attached hydrogen (secondary N) is 1. The number of anilines is 1. The van der Waals surface area contributed by atoms with Crippen molar-refractivity contribution in [3.63, 3.8) is 0 Å². The third-order valence-electron chi connectivity index (χ3n) is 2.29. The van der Waals surface area contributed by atoms with Gasteiger partial charge in [0.05, 0.1) is 4.47 Å². The van der Waals surface area contributed by atoms with Crippen molar-refractivity contribution in [2.24, 2.45) is 0 Å². The summed E-state index contributed by atoms with van der Waals surface area (Å²) in [6.45, 7) is 2.09. The summed E-state index contributed by atoms with van der Waals surface area (Å²) in [5.41, 5.74) is 1.24. The zero-order chi connectivity index (χ0) is 12.3. The summed E-state index contributed by atoms with van der Waals surface area (Å²) in [6.07, 6.45) is 1.57. The number of aryl methyl sites for hydroxylation is 1. The summed E-state index contributed by atoms with van der Waals surface area (Å²) in [7, 11) is 1.84. The summed E-state index contributed by atoms with van der Waals surface area (Å²) in [5.74, 6) is 0.802. The number of benzene rings is 1. The number of halogens is 1. The molecule has 2 rings (SSSR count). The van der Waals surface area contributed by atoms with Crippen molar-refractivity contribution < 1.29 is 0 Å².